The van der Waals surface area contributed by atoms with Gasteiger partial charge in [0.1, 0.15) is 5.75 Å². The van der Waals surface area contributed by atoms with E-state index in [0.717, 1.165) is 0 Å². The lowest BCUT2D eigenvalue weighted by atomic mass is 10.1. The van der Waals surface area contributed by atoms with Crippen LogP contribution in [0.25, 0.3) is 0 Å². The van der Waals surface area contributed by atoms with Crippen LogP contribution in [-0.2, 0) is 0 Å². The molecular weight excluding hydrogens is 270 g/mol. The summed E-state index contributed by atoms with van der Waals surface area (Å²) < 4.78 is 28.6. The number of nitrogens with zero attached hydrogens (tertiary/aromatic N) is 1. The van der Waals surface area contributed by atoms with Gasteiger partial charge in [-0.1, -0.05) is 6.07 Å². The number of β-amino-alcohol motifs (C(OH)–C–C–N with tert-alkyl or cyclic N) is 1. The molecule has 0 aliphatic carbocycles. The summed E-state index contributed by atoms with van der Waals surface area (Å²) in [5, 5.41) is 12.7. The van der Waals surface area contributed by atoms with E-state index in [2.05, 4.69) is 10.1 Å². The molecule has 20 heavy (non-hydrogen) atoms. The van der Waals surface area contributed by atoms with E-state index < -0.39 is 12.7 Å². The molecule has 1 fully saturated rings. The number of carbonyl (C=O) groups is 1. The van der Waals surface area contributed by atoms with Gasteiger partial charge in [0.25, 0.3) is 5.91 Å². The van der Waals surface area contributed by atoms with Crippen molar-refractivity contribution in [2.45, 2.75) is 18.8 Å². The second-order valence-electron chi connectivity index (χ2n) is 4.62. The Labute approximate surface area is 115 Å². The lowest BCUT2D eigenvalue weighted by Crippen LogP contribution is -2.44. The van der Waals surface area contributed by atoms with Crippen LogP contribution in [0.1, 0.15) is 10.4 Å². The highest BCUT2D eigenvalue weighted by Gasteiger charge is 2.31. The maximum Gasteiger partial charge on any atom is 0.387 e. The van der Waals surface area contributed by atoms with Gasteiger partial charge in [-0.15, -0.1) is 0 Å². The number of carbonyl (C=O) groups excluding carboxylic acids is 1. The minimum absolute atomic E-state index is 0.0654. The second-order valence-corrected chi connectivity index (χ2v) is 4.62. The summed E-state index contributed by atoms with van der Waals surface area (Å²) in [5.74, 6) is -0.415. The summed E-state index contributed by atoms with van der Waals surface area (Å²) in [4.78, 5) is 13.7. The second kappa shape index (κ2) is 6.15. The standard InChI is InChI=1S/C13H16F2N2O3/c1-17(10-6-16-7-11(10)18)12(19)8-3-2-4-9(5-8)20-13(14)15/h2-5,10-11,13,16,18H,6-7H2,1H3/t10-,11-/m0/s1. The van der Waals surface area contributed by atoms with E-state index in [-0.39, 0.29) is 23.3 Å². The number of rotatable bonds is 4. The summed E-state index contributed by atoms with van der Waals surface area (Å²) in [6, 6.07) is 5.28. The number of nitrogens with one attached hydrogen (secondary N) is 1. The van der Waals surface area contributed by atoms with E-state index in [9.17, 15) is 18.7 Å². The molecule has 2 N–H and O–H groups in total. The molecular formula is C13H16F2N2O3. The van der Waals surface area contributed by atoms with Crippen LogP contribution in [0.15, 0.2) is 24.3 Å². The average molecular weight is 286 g/mol. The van der Waals surface area contributed by atoms with Gasteiger partial charge in [-0.05, 0) is 18.2 Å². The summed E-state index contributed by atoms with van der Waals surface area (Å²) in [7, 11) is 1.57. The van der Waals surface area contributed by atoms with Crippen LogP contribution in [0.4, 0.5) is 8.78 Å². The first-order valence-electron chi connectivity index (χ1n) is 6.20. The van der Waals surface area contributed by atoms with Crippen LogP contribution in [-0.4, -0.2) is 54.8 Å². The lowest BCUT2D eigenvalue weighted by Gasteiger charge is -2.26. The zero-order chi connectivity index (χ0) is 14.7. The Morgan fingerprint density at radius 1 is 1.50 bits per heavy atom. The molecule has 1 heterocycles. The first-order valence-corrected chi connectivity index (χ1v) is 6.20. The molecule has 1 aromatic carbocycles. The Kier molecular flexibility index (Phi) is 4.51. The molecule has 0 unspecified atom stereocenters. The number of benzene rings is 1. The van der Waals surface area contributed by atoms with Gasteiger partial charge in [-0.3, -0.25) is 4.79 Å². The topological polar surface area (TPSA) is 61.8 Å². The van der Waals surface area contributed by atoms with E-state index in [4.69, 9.17) is 0 Å². The van der Waals surface area contributed by atoms with Gasteiger partial charge in [0.15, 0.2) is 0 Å². The SMILES string of the molecule is CN(C(=O)c1cccc(OC(F)F)c1)[C@H]1CNC[C@@H]1O. The van der Waals surface area contributed by atoms with Gasteiger partial charge in [0.2, 0.25) is 0 Å². The predicted octanol–water partition coefficient (Wildman–Crippen LogP) is 0.693. The van der Waals surface area contributed by atoms with Gasteiger partial charge in [0, 0.05) is 25.7 Å². The van der Waals surface area contributed by atoms with Crippen LogP contribution < -0.4 is 10.1 Å². The number of halogens is 2. The molecule has 1 aliphatic heterocycles. The van der Waals surface area contributed by atoms with Crippen LogP contribution in [0.5, 0.6) is 5.75 Å². The highest BCUT2D eigenvalue weighted by Crippen LogP contribution is 2.18. The molecule has 0 bridgehead atoms. The lowest BCUT2D eigenvalue weighted by molar-refractivity contribution is -0.0499. The van der Waals surface area contributed by atoms with Crippen molar-refractivity contribution in [2.24, 2.45) is 0 Å². The summed E-state index contributed by atoms with van der Waals surface area (Å²) in [6.45, 7) is -2.01. The molecule has 0 saturated carbocycles. The van der Waals surface area contributed by atoms with Crippen molar-refractivity contribution >= 4 is 5.91 Å². The zero-order valence-electron chi connectivity index (χ0n) is 10.9. The van der Waals surface area contributed by atoms with Crippen molar-refractivity contribution in [3.05, 3.63) is 29.8 Å². The fraction of sp³-hybridized carbons (Fsp3) is 0.462. The summed E-state index contributed by atoms with van der Waals surface area (Å²) in [5.41, 5.74) is 0.241. The summed E-state index contributed by atoms with van der Waals surface area (Å²) in [6.07, 6.45) is -0.635. The Balaban J connectivity index is 2.12. The first kappa shape index (κ1) is 14.7. The van der Waals surface area contributed by atoms with Crippen molar-refractivity contribution in [3.63, 3.8) is 0 Å². The van der Waals surface area contributed by atoms with Gasteiger partial charge < -0.3 is 20.1 Å². The fourth-order valence-electron chi connectivity index (χ4n) is 2.21. The van der Waals surface area contributed by atoms with Gasteiger partial charge in [0.05, 0.1) is 12.1 Å². The minimum Gasteiger partial charge on any atom is -0.435 e. The number of aliphatic hydroxyl groups excluding tert-OH is 1. The monoisotopic (exact) mass is 286 g/mol. The Morgan fingerprint density at radius 2 is 2.25 bits per heavy atom. The van der Waals surface area contributed by atoms with Crippen molar-refractivity contribution < 1.29 is 23.4 Å². The van der Waals surface area contributed by atoms with E-state index in [0.29, 0.717) is 13.1 Å². The highest BCUT2D eigenvalue weighted by molar-refractivity contribution is 5.94. The fourth-order valence-corrected chi connectivity index (χ4v) is 2.21. The molecule has 1 saturated heterocycles. The molecule has 2 atom stereocenters. The number of amides is 1. The van der Waals surface area contributed by atoms with Crippen molar-refractivity contribution in [3.8, 4) is 5.75 Å². The molecule has 5 nitrogen and oxygen atoms in total. The third-order valence-electron chi connectivity index (χ3n) is 3.28. The number of alkyl halides is 2. The summed E-state index contributed by atoms with van der Waals surface area (Å²) >= 11 is 0. The van der Waals surface area contributed by atoms with Gasteiger partial charge in [-0.25, -0.2) is 0 Å². The van der Waals surface area contributed by atoms with Crippen LogP contribution in [0.3, 0.4) is 0 Å². The molecule has 1 aromatic rings. The predicted molar refractivity (Wildman–Crippen MR) is 67.8 cm³/mol. The maximum absolute atomic E-state index is 12.3. The van der Waals surface area contributed by atoms with E-state index >= 15 is 0 Å². The number of aliphatic hydroxyl groups is 1. The Hall–Kier alpha value is -1.73. The number of hydrogen-bond donors (Lipinski definition) is 2. The molecule has 0 aromatic heterocycles. The van der Waals surface area contributed by atoms with Gasteiger partial charge >= 0.3 is 6.61 Å². The minimum atomic E-state index is -2.93. The van der Waals surface area contributed by atoms with E-state index in [1.807, 2.05) is 0 Å². The van der Waals surface area contributed by atoms with Crippen molar-refractivity contribution in [2.75, 3.05) is 20.1 Å². The zero-order valence-corrected chi connectivity index (χ0v) is 10.9. The van der Waals surface area contributed by atoms with E-state index in [1.165, 1.54) is 29.2 Å². The third kappa shape index (κ3) is 3.23. The maximum atomic E-state index is 12.3. The highest BCUT2D eigenvalue weighted by atomic mass is 19.3. The number of hydrogen-bond acceptors (Lipinski definition) is 4. The molecule has 2 rings (SSSR count). The van der Waals surface area contributed by atoms with Crippen molar-refractivity contribution in [1.82, 2.24) is 10.2 Å². The van der Waals surface area contributed by atoms with E-state index in [1.54, 1.807) is 7.05 Å². The first-order chi connectivity index (χ1) is 9.49. The molecule has 0 spiro atoms. The molecule has 1 amide bonds. The molecule has 1 aliphatic rings. The molecule has 110 valence electrons. The van der Waals surface area contributed by atoms with Crippen LogP contribution in [0.2, 0.25) is 0 Å². The van der Waals surface area contributed by atoms with Gasteiger partial charge in [-0.2, -0.15) is 8.78 Å². The van der Waals surface area contributed by atoms with Crippen LogP contribution in [0, 0.1) is 0 Å². The van der Waals surface area contributed by atoms with Crippen LogP contribution >= 0.6 is 0 Å². The largest absolute Gasteiger partial charge is 0.435 e. The molecule has 7 heteroatoms. The molecule has 0 radical (unpaired) electrons. The Bertz CT molecular complexity index is 484. The number of likely N-dealkylation sites (N-methyl/N-ethyl adjacent to an activating group) is 1. The quantitative estimate of drug-likeness (QED) is 0.855. The normalized spacial score (nSPS) is 22.1. The third-order valence-corrected chi connectivity index (χ3v) is 3.28. The average Bonchev–Trinajstić information content (AvgIpc) is 2.83. The smallest absolute Gasteiger partial charge is 0.387 e. The Morgan fingerprint density at radius 3 is 2.85 bits per heavy atom. The van der Waals surface area contributed by atoms with Crippen molar-refractivity contribution in [1.29, 1.82) is 0 Å². The number of ether oxygens (including phenoxy) is 1.